The summed E-state index contributed by atoms with van der Waals surface area (Å²) in [5.41, 5.74) is 4.14. The van der Waals surface area contributed by atoms with Gasteiger partial charge in [0.05, 0.1) is 11.6 Å². The first-order valence-electron chi connectivity index (χ1n) is 12.6. The van der Waals surface area contributed by atoms with E-state index in [1.165, 1.54) is 61.1 Å². The third kappa shape index (κ3) is 5.26. The molecule has 2 aromatic carbocycles. The maximum atomic E-state index is 10.2. The minimum Gasteiger partial charge on any atom is -0.478 e. The Labute approximate surface area is 211 Å². The van der Waals surface area contributed by atoms with E-state index in [0.29, 0.717) is 11.9 Å². The van der Waals surface area contributed by atoms with Gasteiger partial charge < -0.3 is 14.7 Å². The molecule has 4 aliphatic heterocycles. The summed E-state index contributed by atoms with van der Waals surface area (Å²) in [6.45, 7) is 4.20. The number of amidine groups is 1. The maximum Gasteiger partial charge on any atom is 0.337 e. The molecule has 0 aliphatic carbocycles. The third-order valence-corrected chi connectivity index (χ3v) is 7.43. The Hall–Kier alpha value is -3.71. The monoisotopic (exact) mass is 484 g/mol. The van der Waals surface area contributed by atoms with Gasteiger partial charge in [0.15, 0.2) is 0 Å². The Morgan fingerprint density at radius 2 is 1.72 bits per heavy atom. The molecule has 0 amide bonds. The van der Waals surface area contributed by atoms with Crippen molar-refractivity contribution < 1.29 is 14.6 Å². The molecule has 2 unspecified atom stereocenters. The zero-order chi connectivity index (χ0) is 24.9. The van der Waals surface area contributed by atoms with Gasteiger partial charge in [0, 0.05) is 25.5 Å². The first kappa shape index (κ1) is 24.0. The summed E-state index contributed by atoms with van der Waals surface area (Å²) in [5, 5.41) is 17.2. The van der Waals surface area contributed by atoms with Crippen molar-refractivity contribution in [3.63, 3.8) is 0 Å². The Morgan fingerprint density at radius 3 is 2.36 bits per heavy atom. The average Bonchev–Trinajstić information content (AvgIpc) is 2.94. The number of ether oxygens (including phenoxy) is 1. The van der Waals surface area contributed by atoms with E-state index in [-0.39, 0.29) is 17.7 Å². The zero-order valence-corrected chi connectivity index (χ0v) is 20.3. The topological polar surface area (TPSA) is 89.8 Å². The molecule has 2 N–H and O–H groups in total. The van der Waals surface area contributed by atoms with Crippen LogP contribution in [0.3, 0.4) is 0 Å². The highest BCUT2D eigenvalue weighted by Crippen LogP contribution is 2.36. The van der Waals surface area contributed by atoms with E-state index >= 15 is 0 Å². The first-order valence-corrected chi connectivity index (χ1v) is 12.6. The van der Waals surface area contributed by atoms with Gasteiger partial charge in [-0.1, -0.05) is 54.6 Å². The van der Waals surface area contributed by atoms with Crippen LogP contribution in [-0.2, 0) is 11.2 Å². The van der Waals surface area contributed by atoms with Crippen LogP contribution in [0.5, 0.6) is 0 Å². The van der Waals surface area contributed by atoms with Gasteiger partial charge in [-0.2, -0.15) is 0 Å². The fourth-order valence-electron chi connectivity index (χ4n) is 5.52. The van der Waals surface area contributed by atoms with Gasteiger partial charge in [0.2, 0.25) is 0 Å². The molecule has 0 radical (unpaired) electrons. The number of carboxylic acid groups (broad SMARTS) is 1. The normalized spacial score (nSPS) is 24.2. The lowest BCUT2D eigenvalue weighted by molar-refractivity contribution is -0.0256. The second kappa shape index (κ2) is 10.9. The molecule has 3 saturated heterocycles. The smallest absolute Gasteiger partial charge is 0.337 e. The fourth-order valence-corrected chi connectivity index (χ4v) is 5.52. The highest BCUT2D eigenvalue weighted by Gasteiger charge is 2.38. The van der Waals surface area contributed by atoms with Gasteiger partial charge in [-0.25, -0.2) is 4.79 Å². The molecule has 4 aliphatic rings. The van der Waals surface area contributed by atoms with Crippen molar-refractivity contribution in [1.82, 2.24) is 14.8 Å². The summed E-state index contributed by atoms with van der Waals surface area (Å²) < 4.78 is 6.30. The lowest BCUT2D eigenvalue weighted by Crippen LogP contribution is -2.53. The van der Waals surface area contributed by atoms with E-state index in [0.717, 1.165) is 19.5 Å². The minimum atomic E-state index is -0.942. The van der Waals surface area contributed by atoms with Crippen molar-refractivity contribution in [2.75, 3.05) is 26.2 Å². The molecule has 186 valence electrons. The summed E-state index contributed by atoms with van der Waals surface area (Å²) in [4.78, 5) is 18.4. The van der Waals surface area contributed by atoms with E-state index in [2.05, 4.69) is 69.4 Å². The summed E-state index contributed by atoms with van der Waals surface area (Å²) in [7, 11) is 0. The van der Waals surface area contributed by atoms with Crippen LogP contribution in [0.2, 0.25) is 0 Å². The van der Waals surface area contributed by atoms with E-state index in [4.69, 9.17) is 15.3 Å². The Bertz CT molecular complexity index is 1180. The molecule has 2 bridgehead atoms. The molecule has 5 heterocycles. The predicted octanol–water partition coefficient (Wildman–Crippen LogP) is 4.46. The Balaban J connectivity index is 0.000000252. The number of fused-ring (bicyclic) bond motifs is 4. The van der Waals surface area contributed by atoms with Crippen molar-refractivity contribution in [3.8, 4) is 0 Å². The lowest BCUT2D eigenvalue weighted by atomic mass is 9.86. The maximum absolute atomic E-state index is 10.2. The molecule has 3 aromatic rings. The van der Waals surface area contributed by atoms with Crippen LogP contribution >= 0.6 is 0 Å². The zero-order valence-electron chi connectivity index (χ0n) is 20.3. The molecular formula is C29H32N4O3. The molecule has 3 fully saturated rings. The number of carbonyl (C=O) groups is 1. The van der Waals surface area contributed by atoms with E-state index in [1.54, 1.807) is 6.07 Å². The van der Waals surface area contributed by atoms with E-state index in [1.807, 2.05) is 0 Å². The van der Waals surface area contributed by atoms with Gasteiger partial charge in [0.25, 0.3) is 6.02 Å². The van der Waals surface area contributed by atoms with Crippen LogP contribution in [0.25, 0.3) is 0 Å². The number of rotatable bonds is 3. The summed E-state index contributed by atoms with van der Waals surface area (Å²) in [5.74, 6) is -0.328. The van der Waals surface area contributed by atoms with Crippen molar-refractivity contribution in [1.29, 1.82) is 5.41 Å². The van der Waals surface area contributed by atoms with Gasteiger partial charge in [-0.3, -0.25) is 15.3 Å². The SMILES string of the molecule is N=C(OC1CN2CCC1CC2)N1CCc2ccccc2C1c1ccccc1.O=C(O)c1cccnc1. The van der Waals surface area contributed by atoms with Crippen LogP contribution in [0.4, 0.5) is 0 Å². The summed E-state index contributed by atoms with van der Waals surface area (Å²) >= 11 is 0. The van der Waals surface area contributed by atoms with Crippen LogP contribution < -0.4 is 0 Å². The number of hydrogen-bond donors (Lipinski definition) is 2. The number of nitrogens with zero attached hydrogens (tertiary/aromatic N) is 3. The molecule has 7 heteroatoms. The van der Waals surface area contributed by atoms with Crippen molar-refractivity contribution in [2.24, 2.45) is 5.92 Å². The number of carboxylic acids is 1. The molecule has 0 saturated carbocycles. The number of nitrogens with one attached hydrogen (secondary N) is 1. The van der Waals surface area contributed by atoms with E-state index in [9.17, 15) is 4.79 Å². The number of pyridine rings is 1. The third-order valence-electron chi connectivity index (χ3n) is 7.43. The molecule has 1 aromatic heterocycles. The van der Waals surface area contributed by atoms with Gasteiger partial charge in [-0.15, -0.1) is 0 Å². The number of piperidine rings is 3. The summed E-state index contributed by atoms with van der Waals surface area (Å²) in [6, 6.07) is 22.7. The highest BCUT2D eigenvalue weighted by atomic mass is 16.5. The largest absolute Gasteiger partial charge is 0.478 e. The van der Waals surface area contributed by atoms with Crippen molar-refractivity contribution in [3.05, 3.63) is 101 Å². The Morgan fingerprint density at radius 1 is 0.972 bits per heavy atom. The van der Waals surface area contributed by atoms with Crippen LogP contribution in [0, 0.1) is 11.3 Å². The molecule has 0 spiro atoms. The van der Waals surface area contributed by atoms with Gasteiger partial charge in [-0.05, 0) is 67.1 Å². The lowest BCUT2D eigenvalue weighted by Gasteiger charge is -2.46. The molecule has 36 heavy (non-hydrogen) atoms. The number of hydrogen-bond acceptors (Lipinski definition) is 5. The highest BCUT2D eigenvalue weighted by molar-refractivity contribution is 5.86. The minimum absolute atomic E-state index is 0.0599. The van der Waals surface area contributed by atoms with Crippen LogP contribution in [0.1, 0.15) is 45.9 Å². The number of aromatic carboxylic acids is 1. The van der Waals surface area contributed by atoms with Crippen molar-refractivity contribution in [2.45, 2.75) is 31.4 Å². The summed E-state index contributed by atoms with van der Waals surface area (Å²) in [6.07, 6.45) is 6.40. The number of benzene rings is 2. The Kier molecular flexibility index (Phi) is 7.28. The molecule has 7 rings (SSSR count). The van der Waals surface area contributed by atoms with Gasteiger partial charge >= 0.3 is 5.97 Å². The van der Waals surface area contributed by atoms with Crippen molar-refractivity contribution >= 4 is 12.0 Å². The van der Waals surface area contributed by atoms with E-state index < -0.39 is 5.97 Å². The van der Waals surface area contributed by atoms with Gasteiger partial charge in [0.1, 0.15) is 6.10 Å². The second-order valence-electron chi connectivity index (χ2n) is 9.60. The molecule has 7 nitrogen and oxygen atoms in total. The quantitative estimate of drug-likeness (QED) is 0.422. The molecular weight excluding hydrogens is 452 g/mol. The number of aromatic nitrogens is 1. The van der Waals surface area contributed by atoms with Crippen LogP contribution in [-0.4, -0.2) is 64.2 Å². The fraction of sp³-hybridized carbons (Fsp3) is 0.345. The standard InChI is InChI=1S/C23H27N3O.C6H5NO2/c24-23(27-21-16-25-13-10-18(21)11-14-25)26-15-12-17-6-4-5-9-20(17)22(26)19-7-2-1-3-8-19;8-6(9)5-2-1-3-7-4-5/h1-9,18,21-22,24H,10-16H2;1-4H,(H,8,9). The second-order valence-corrected chi connectivity index (χ2v) is 9.60. The predicted molar refractivity (Wildman–Crippen MR) is 138 cm³/mol. The first-order chi connectivity index (χ1) is 17.6. The average molecular weight is 485 g/mol. The molecule has 2 atom stereocenters. The van der Waals surface area contributed by atoms with Crippen LogP contribution in [0.15, 0.2) is 79.1 Å².